The van der Waals surface area contributed by atoms with Crippen LogP contribution >= 0.6 is 0 Å². The maximum atomic E-state index is 12.0. The van der Waals surface area contributed by atoms with Crippen LogP contribution < -0.4 is 15.4 Å². The molecule has 0 aromatic heterocycles. The van der Waals surface area contributed by atoms with Crippen LogP contribution in [0.5, 0.6) is 5.75 Å². The number of ether oxygens (including phenoxy) is 2. The minimum Gasteiger partial charge on any atom is -0.488 e. The largest absolute Gasteiger partial charge is 0.488 e. The highest BCUT2D eigenvalue weighted by molar-refractivity contribution is 5.94. The van der Waals surface area contributed by atoms with Gasteiger partial charge in [0, 0.05) is 18.8 Å². The van der Waals surface area contributed by atoms with Gasteiger partial charge < -0.3 is 20.1 Å². The average molecular weight is 278 g/mol. The summed E-state index contributed by atoms with van der Waals surface area (Å²) >= 11 is 0. The summed E-state index contributed by atoms with van der Waals surface area (Å²) in [4.78, 5) is 12.0. The van der Waals surface area contributed by atoms with E-state index in [4.69, 9.17) is 9.47 Å². The predicted molar refractivity (Wildman–Crippen MR) is 78.1 cm³/mol. The normalized spacial score (nSPS) is 19.4. The number of carbonyl (C=O) groups is 1. The number of amides is 1. The minimum atomic E-state index is -0.422. The summed E-state index contributed by atoms with van der Waals surface area (Å²) in [5, 5.41) is 5.97. The molecule has 5 nitrogen and oxygen atoms in total. The highest BCUT2D eigenvalue weighted by Crippen LogP contribution is 2.20. The van der Waals surface area contributed by atoms with Crippen molar-refractivity contribution in [2.75, 3.05) is 25.0 Å². The molecular weight excluding hydrogens is 256 g/mol. The summed E-state index contributed by atoms with van der Waals surface area (Å²) in [7, 11) is 0. The van der Waals surface area contributed by atoms with Crippen LogP contribution in [-0.2, 0) is 9.53 Å². The molecule has 2 N–H and O–H groups in total. The standard InChI is InChI=1S/C15H22N2O3/c1-15(2,3)20-12-6-4-11(5-7-12)17-14(18)13-10-16-8-9-19-13/h4-7,13,16H,8-10H2,1-3H3,(H,17,18). The molecule has 0 radical (unpaired) electrons. The van der Waals surface area contributed by atoms with Gasteiger partial charge in [0.05, 0.1) is 6.61 Å². The first-order valence-corrected chi connectivity index (χ1v) is 6.86. The second-order valence-electron chi connectivity index (χ2n) is 5.79. The van der Waals surface area contributed by atoms with E-state index in [2.05, 4.69) is 10.6 Å². The van der Waals surface area contributed by atoms with E-state index in [0.29, 0.717) is 13.2 Å². The Morgan fingerprint density at radius 3 is 2.60 bits per heavy atom. The fourth-order valence-electron chi connectivity index (χ4n) is 1.92. The smallest absolute Gasteiger partial charge is 0.254 e. The number of rotatable bonds is 3. The first kappa shape index (κ1) is 14.8. The fraction of sp³-hybridized carbons (Fsp3) is 0.533. The molecule has 1 unspecified atom stereocenters. The number of benzene rings is 1. The van der Waals surface area contributed by atoms with E-state index in [-0.39, 0.29) is 11.5 Å². The van der Waals surface area contributed by atoms with E-state index >= 15 is 0 Å². The molecule has 0 aliphatic carbocycles. The number of nitrogens with one attached hydrogen (secondary N) is 2. The van der Waals surface area contributed by atoms with Crippen molar-refractivity contribution in [3.63, 3.8) is 0 Å². The maximum Gasteiger partial charge on any atom is 0.254 e. The molecule has 1 aromatic rings. The van der Waals surface area contributed by atoms with Gasteiger partial charge >= 0.3 is 0 Å². The van der Waals surface area contributed by atoms with Crippen LogP contribution in [0.4, 0.5) is 5.69 Å². The molecule has 2 rings (SSSR count). The molecule has 20 heavy (non-hydrogen) atoms. The molecule has 1 heterocycles. The van der Waals surface area contributed by atoms with E-state index in [1.54, 1.807) is 0 Å². The van der Waals surface area contributed by atoms with Gasteiger partial charge in [0.25, 0.3) is 5.91 Å². The Hall–Kier alpha value is -1.59. The quantitative estimate of drug-likeness (QED) is 0.885. The molecule has 5 heteroatoms. The van der Waals surface area contributed by atoms with Gasteiger partial charge in [-0.15, -0.1) is 0 Å². The van der Waals surface area contributed by atoms with Crippen molar-refractivity contribution in [2.24, 2.45) is 0 Å². The van der Waals surface area contributed by atoms with Crippen molar-refractivity contribution in [2.45, 2.75) is 32.5 Å². The van der Waals surface area contributed by atoms with E-state index in [1.807, 2.05) is 45.0 Å². The van der Waals surface area contributed by atoms with Crippen molar-refractivity contribution in [1.82, 2.24) is 5.32 Å². The lowest BCUT2D eigenvalue weighted by Gasteiger charge is -2.23. The summed E-state index contributed by atoms with van der Waals surface area (Å²) in [6.07, 6.45) is -0.422. The minimum absolute atomic E-state index is 0.123. The molecule has 110 valence electrons. The molecule has 1 fully saturated rings. The lowest BCUT2D eigenvalue weighted by Crippen LogP contribution is -2.45. The second-order valence-corrected chi connectivity index (χ2v) is 5.79. The number of hydrogen-bond donors (Lipinski definition) is 2. The summed E-state index contributed by atoms with van der Waals surface area (Å²) in [6.45, 7) is 7.90. The summed E-state index contributed by atoms with van der Waals surface area (Å²) in [6, 6.07) is 7.35. The lowest BCUT2D eigenvalue weighted by molar-refractivity contribution is -0.128. The Morgan fingerprint density at radius 2 is 2.05 bits per heavy atom. The molecule has 1 atom stereocenters. The zero-order valence-electron chi connectivity index (χ0n) is 12.2. The van der Waals surface area contributed by atoms with Gasteiger partial charge in [-0.25, -0.2) is 0 Å². The van der Waals surface area contributed by atoms with E-state index in [0.717, 1.165) is 18.0 Å². The van der Waals surface area contributed by atoms with Crippen molar-refractivity contribution in [3.05, 3.63) is 24.3 Å². The van der Waals surface area contributed by atoms with Crippen molar-refractivity contribution >= 4 is 11.6 Å². The van der Waals surface area contributed by atoms with Gasteiger partial charge in [-0.05, 0) is 45.0 Å². The maximum absolute atomic E-state index is 12.0. The Morgan fingerprint density at radius 1 is 1.35 bits per heavy atom. The topological polar surface area (TPSA) is 59.6 Å². The Kier molecular flexibility index (Phi) is 4.62. The Balaban J connectivity index is 1.91. The van der Waals surface area contributed by atoms with Gasteiger partial charge in [-0.3, -0.25) is 4.79 Å². The number of anilines is 1. The van der Waals surface area contributed by atoms with E-state index in [1.165, 1.54) is 0 Å². The third-order valence-corrected chi connectivity index (χ3v) is 2.77. The molecule has 1 aliphatic rings. The van der Waals surface area contributed by atoms with Crippen LogP contribution in [0.1, 0.15) is 20.8 Å². The zero-order valence-corrected chi connectivity index (χ0v) is 12.2. The molecule has 1 aliphatic heterocycles. The van der Waals surface area contributed by atoms with Crippen LogP contribution in [0.25, 0.3) is 0 Å². The Labute approximate surface area is 119 Å². The van der Waals surface area contributed by atoms with E-state index in [9.17, 15) is 4.79 Å². The first-order chi connectivity index (χ1) is 9.44. The summed E-state index contributed by atoms with van der Waals surface area (Å²) in [5.74, 6) is 0.660. The number of carbonyl (C=O) groups excluding carboxylic acids is 1. The number of morpholine rings is 1. The predicted octanol–water partition coefficient (Wildman–Crippen LogP) is 1.79. The average Bonchev–Trinajstić information content (AvgIpc) is 2.40. The monoisotopic (exact) mass is 278 g/mol. The number of hydrogen-bond acceptors (Lipinski definition) is 4. The van der Waals surface area contributed by atoms with Gasteiger partial charge in [0.2, 0.25) is 0 Å². The zero-order chi connectivity index (χ0) is 14.6. The van der Waals surface area contributed by atoms with Gasteiger partial charge in [-0.2, -0.15) is 0 Å². The van der Waals surface area contributed by atoms with Crippen molar-refractivity contribution < 1.29 is 14.3 Å². The van der Waals surface area contributed by atoms with Crippen molar-refractivity contribution in [1.29, 1.82) is 0 Å². The van der Waals surface area contributed by atoms with Gasteiger partial charge in [-0.1, -0.05) is 0 Å². The van der Waals surface area contributed by atoms with Crippen LogP contribution in [0.2, 0.25) is 0 Å². The molecule has 1 aromatic carbocycles. The summed E-state index contributed by atoms with van der Waals surface area (Å²) in [5.41, 5.74) is 0.511. The summed E-state index contributed by atoms with van der Waals surface area (Å²) < 4.78 is 11.1. The van der Waals surface area contributed by atoms with Crippen LogP contribution in [0, 0.1) is 0 Å². The second kappa shape index (κ2) is 6.24. The molecule has 1 saturated heterocycles. The fourth-order valence-corrected chi connectivity index (χ4v) is 1.92. The van der Waals surface area contributed by atoms with Crippen LogP contribution in [-0.4, -0.2) is 37.3 Å². The first-order valence-electron chi connectivity index (χ1n) is 6.86. The van der Waals surface area contributed by atoms with Gasteiger partial charge in [0.1, 0.15) is 17.5 Å². The highest BCUT2D eigenvalue weighted by Gasteiger charge is 2.21. The molecule has 0 bridgehead atoms. The molecular formula is C15H22N2O3. The van der Waals surface area contributed by atoms with Crippen LogP contribution in [0.3, 0.4) is 0 Å². The molecule has 0 saturated carbocycles. The van der Waals surface area contributed by atoms with Crippen molar-refractivity contribution in [3.8, 4) is 5.75 Å². The van der Waals surface area contributed by atoms with Crippen LogP contribution in [0.15, 0.2) is 24.3 Å². The van der Waals surface area contributed by atoms with E-state index < -0.39 is 6.10 Å². The third kappa shape index (κ3) is 4.51. The highest BCUT2D eigenvalue weighted by atomic mass is 16.5. The Bertz CT molecular complexity index is 445. The molecule has 1 amide bonds. The SMILES string of the molecule is CC(C)(C)Oc1ccc(NC(=O)C2CNCCO2)cc1. The third-order valence-electron chi connectivity index (χ3n) is 2.77. The lowest BCUT2D eigenvalue weighted by atomic mass is 10.2. The van der Waals surface area contributed by atoms with Gasteiger partial charge in [0.15, 0.2) is 0 Å². The molecule has 0 spiro atoms.